The van der Waals surface area contributed by atoms with Gasteiger partial charge >= 0.3 is 5.97 Å². The van der Waals surface area contributed by atoms with E-state index in [-0.39, 0.29) is 73.2 Å². The van der Waals surface area contributed by atoms with E-state index in [0.29, 0.717) is 68.4 Å². The molecule has 0 aliphatic rings. The number of anilines is 1. The first kappa shape index (κ1) is 56.4. The first-order valence-electron chi connectivity index (χ1n) is 24.4. The standard InChI is InChI=1S/C55H63N7O12S/c1-71-34-30-57-55(67)45(61-54(66)42-25-27-50(58-37-42)62-59-38-41-19-8-9-23-49(41)75(68,69)70)20-10-11-29-56-51(63)24-13-31-72-47-21-12-22-48(44(47)26-28-53(64)65)73-32-14-33-74-52-36-43(39-15-4-2-5-16-39)35-46(60-52)40-17-6-3-7-18-40/h2-9,12,15-19,21-23,25,27,35-38,45,68-70H,10-11,13-14,20,24,26,28-34H2,1H3,(H,56,63)(H,57,67)(H,58,62)(H,61,66)(H,64,65)/b59-38-. The predicted molar refractivity (Wildman–Crippen MR) is 286 cm³/mol. The van der Waals surface area contributed by atoms with E-state index in [2.05, 4.69) is 31.5 Å². The summed E-state index contributed by atoms with van der Waals surface area (Å²) in [6, 6.07) is 37.4. The molecule has 4 aromatic carbocycles. The molecule has 6 rings (SSSR count). The smallest absolute Gasteiger partial charge is 0.303 e. The number of hydrogen-bond donors (Lipinski definition) is 8. The van der Waals surface area contributed by atoms with E-state index in [1.165, 1.54) is 37.7 Å². The first-order valence-corrected chi connectivity index (χ1v) is 25.9. The number of rotatable bonds is 31. The number of aliphatic carboxylic acids is 1. The molecule has 0 spiro atoms. The van der Waals surface area contributed by atoms with Crippen LogP contribution >= 0.6 is 10.9 Å². The van der Waals surface area contributed by atoms with Crippen LogP contribution in [0.4, 0.5) is 5.82 Å². The monoisotopic (exact) mass is 1050 g/mol. The van der Waals surface area contributed by atoms with Crippen LogP contribution in [0.3, 0.4) is 0 Å². The van der Waals surface area contributed by atoms with Gasteiger partial charge in [0.05, 0.1) is 48.8 Å². The van der Waals surface area contributed by atoms with E-state index < -0.39 is 34.7 Å². The van der Waals surface area contributed by atoms with Crippen LogP contribution in [0.5, 0.6) is 17.4 Å². The summed E-state index contributed by atoms with van der Waals surface area (Å²) in [4.78, 5) is 59.6. The van der Waals surface area contributed by atoms with Gasteiger partial charge in [-0.1, -0.05) is 84.9 Å². The number of benzene rings is 4. The minimum Gasteiger partial charge on any atom is -0.493 e. The second-order valence-corrected chi connectivity index (χ2v) is 18.4. The summed E-state index contributed by atoms with van der Waals surface area (Å²) in [7, 11) is -2.45. The minimum absolute atomic E-state index is 0.0918. The molecule has 8 N–H and O–H groups in total. The zero-order valence-corrected chi connectivity index (χ0v) is 42.4. The maximum Gasteiger partial charge on any atom is 0.303 e. The molecule has 2 heterocycles. The molecular formula is C55H63N7O12S. The van der Waals surface area contributed by atoms with Gasteiger partial charge in [-0.2, -0.15) is 5.10 Å². The molecule has 0 radical (unpaired) electrons. The van der Waals surface area contributed by atoms with Gasteiger partial charge in [0.1, 0.15) is 34.2 Å². The van der Waals surface area contributed by atoms with E-state index in [4.69, 9.17) is 23.9 Å². The van der Waals surface area contributed by atoms with E-state index in [1.807, 2.05) is 72.8 Å². The van der Waals surface area contributed by atoms with Gasteiger partial charge in [-0.3, -0.25) is 24.6 Å². The molecule has 396 valence electrons. The normalized spacial score (nSPS) is 11.8. The average molecular weight is 1050 g/mol. The van der Waals surface area contributed by atoms with Crippen LogP contribution in [0, 0.1) is 0 Å². The Labute approximate surface area is 437 Å². The number of nitrogens with one attached hydrogen (secondary N) is 4. The van der Waals surface area contributed by atoms with Crippen molar-refractivity contribution in [1.29, 1.82) is 0 Å². The van der Waals surface area contributed by atoms with Crippen molar-refractivity contribution in [2.24, 2.45) is 5.10 Å². The van der Waals surface area contributed by atoms with Crippen LogP contribution in [0.2, 0.25) is 0 Å². The summed E-state index contributed by atoms with van der Waals surface area (Å²) in [5.74, 6) is -0.326. The van der Waals surface area contributed by atoms with Gasteiger partial charge in [0.15, 0.2) is 0 Å². The van der Waals surface area contributed by atoms with Crippen LogP contribution < -0.4 is 35.6 Å². The topological polar surface area (TPSA) is 272 Å². The third-order valence-electron chi connectivity index (χ3n) is 11.4. The summed E-state index contributed by atoms with van der Waals surface area (Å²) in [5, 5.41) is 22.0. The number of hydrogen-bond acceptors (Lipinski definition) is 15. The lowest BCUT2D eigenvalue weighted by Gasteiger charge is -2.20. The largest absolute Gasteiger partial charge is 0.493 e. The molecule has 0 saturated carbocycles. The van der Waals surface area contributed by atoms with Crippen LogP contribution in [0.15, 0.2) is 144 Å². The predicted octanol–water partition coefficient (Wildman–Crippen LogP) is 8.71. The quantitative estimate of drug-likeness (QED) is 0.0115. The molecular weight excluding hydrogens is 983 g/mol. The van der Waals surface area contributed by atoms with Crippen LogP contribution in [-0.2, 0) is 25.5 Å². The second-order valence-electron chi connectivity index (χ2n) is 17.0. The lowest BCUT2D eigenvalue weighted by atomic mass is 10.0. The Kier molecular flexibility index (Phi) is 22.4. The first-order chi connectivity index (χ1) is 36.4. The number of carbonyl (C=O) groups is 4. The molecule has 75 heavy (non-hydrogen) atoms. The molecule has 0 bridgehead atoms. The highest BCUT2D eigenvalue weighted by Crippen LogP contribution is 2.44. The fourth-order valence-electron chi connectivity index (χ4n) is 7.56. The highest BCUT2D eigenvalue weighted by atomic mass is 32.3. The van der Waals surface area contributed by atoms with Crippen LogP contribution in [-0.4, -0.2) is 111 Å². The molecule has 3 amide bonds. The maximum absolute atomic E-state index is 13.2. The number of hydrazone groups is 1. The Morgan fingerprint density at radius 3 is 2.08 bits per heavy atom. The molecule has 2 aromatic heterocycles. The lowest BCUT2D eigenvalue weighted by molar-refractivity contribution is -0.137. The maximum atomic E-state index is 13.2. The Hall–Kier alpha value is -7.88. The van der Waals surface area contributed by atoms with Crippen molar-refractivity contribution in [3.8, 4) is 39.8 Å². The third kappa shape index (κ3) is 18.8. The zero-order valence-electron chi connectivity index (χ0n) is 41.6. The number of ether oxygens (including phenoxy) is 4. The van der Waals surface area contributed by atoms with Crippen LogP contribution in [0.25, 0.3) is 22.4 Å². The summed E-state index contributed by atoms with van der Waals surface area (Å²) in [5.41, 5.74) is 7.55. The second kappa shape index (κ2) is 29.7. The average Bonchev–Trinajstić information content (AvgIpc) is 3.41. The van der Waals surface area contributed by atoms with E-state index >= 15 is 0 Å². The van der Waals surface area contributed by atoms with Crippen molar-refractivity contribution in [2.45, 2.75) is 62.3 Å². The van der Waals surface area contributed by atoms with Gasteiger partial charge in [0, 0.05) is 68.4 Å². The van der Waals surface area contributed by atoms with Gasteiger partial charge in [0.25, 0.3) is 5.91 Å². The fourth-order valence-corrected chi connectivity index (χ4v) is 8.26. The molecule has 0 aliphatic carbocycles. The number of amides is 3. The number of nitrogens with zero attached hydrogens (tertiary/aromatic N) is 3. The number of unbranched alkanes of at least 4 members (excludes halogenated alkanes) is 1. The summed E-state index contributed by atoms with van der Waals surface area (Å²) in [6.07, 6.45) is 5.05. The number of aromatic nitrogens is 2. The fraction of sp³-hybridized carbons (Fsp3) is 0.291. The number of carbonyl (C=O) groups excluding carboxylic acids is 3. The van der Waals surface area contributed by atoms with Gasteiger partial charge in [-0.15, -0.1) is 0 Å². The van der Waals surface area contributed by atoms with Gasteiger partial charge in [-0.25, -0.2) is 9.97 Å². The molecule has 19 nitrogen and oxygen atoms in total. The highest BCUT2D eigenvalue weighted by Gasteiger charge is 2.22. The zero-order chi connectivity index (χ0) is 53.3. The molecule has 0 saturated heterocycles. The minimum atomic E-state index is -3.96. The number of carboxylic acid groups (broad SMARTS) is 1. The van der Waals surface area contributed by atoms with Crippen LogP contribution in [0.1, 0.15) is 66.4 Å². The Bertz CT molecular complexity index is 2740. The Morgan fingerprint density at radius 1 is 0.693 bits per heavy atom. The van der Waals surface area contributed by atoms with Gasteiger partial charge in [0.2, 0.25) is 17.7 Å². The van der Waals surface area contributed by atoms with E-state index in [9.17, 15) is 37.9 Å². The van der Waals surface area contributed by atoms with Crippen molar-refractivity contribution in [3.05, 3.63) is 150 Å². The number of pyridine rings is 2. The molecule has 0 aliphatic heterocycles. The van der Waals surface area contributed by atoms with Gasteiger partial charge in [-0.05, 0) is 79.6 Å². The third-order valence-corrected chi connectivity index (χ3v) is 12.3. The van der Waals surface area contributed by atoms with Crippen molar-refractivity contribution < 1.29 is 56.9 Å². The van der Waals surface area contributed by atoms with E-state index in [0.717, 1.165) is 22.4 Å². The Morgan fingerprint density at radius 2 is 1.39 bits per heavy atom. The molecule has 6 aromatic rings. The SMILES string of the molecule is COCCNC(=O)C(CCCCNC(=O)CCCOc1cccc(OCCCOc2cc(-c3ccccc3)cc(-c3ccccc3)n2)c1CCC(=O)O)NC(=O)c1ccc(N/N=C\c2ccccc2S(O)(O)O)nc1. The molecule has 0 fully saturated rings. The summed E-state index contributed by atoms with van der Waals surface area (Å²) < 4.78 is 52.5. The lowest BCUT2D eigenvalue weighted by Crippen LogP contribution is -2.47. The molecule has 1 atom stereocenters. The van der Waals surface area contributed by atoms with E-state index in [1.54, 1.807) is 36.4 Å². The molecule has 20 heteroatoms. The Balaban J connectivity index is 0.925. The van der Waals surface area contributed by atoms with Crippen molar-refractivity contribution >= 4 is 46.6 Å². The van der Waals surface area contributed by atoms with Crippen molar-refractivity contribution in [1.82, 2.24) is 25.9 Å². The highest BCUT2D eigenvalue weighted by molar-refractivity contribution is 8.19. The van der Waals surface area contributed by atoms with Gasteiger partial charge < -0.3 is 53.7 Å². The number of carboxylic acids is 1. The van der Waals surface area contributed by atoms with Crippen molar-refractivity contribution in [3.63, 3.8) is 0 Å². The van der Waals surface area contributed by atoms with Crippen molar-refractivity contribution in [2.75, 3.05) is 52.1 Å². The summed E-state index contributed by atoms with van der Waals surface area (Å²) >= 11 is 0. The molecule has 1 unspecified atom stereocenters. The number of methoxy groups -OCH3 is 1. The summed E-state index contributed by atoms with van der Waals surface area (Å²) in [6.45, 7) is 1.69.